The van der Waals surface area contributed by atoms with Crippen LogP contribution in [0.5, 0.6) is 5.75 Å². The molecule has 0 radical (unpaired) electrons. The van der Waals surface area contributed by atoms with Gasteiger partial charge in [-0.3, -0.25) is 19.2 Å². The van der Waals surface area contributed by atoms with Gasteiger partial charge >= 0.3 is 6.18 Å². The molecule has 5 rings (SSSR count). The molecular formula is C27H28F3N5O2S. The molecule has 1 fully saturated rings. The number of hydrogen-bond acceptors (Lipinski definition) is 6. The number of pyridine rings is 1. The first kappa shape index (κ1) is 26.2. The second-order valence-electron chi connectivity index (χ2n) is 9.72. The fourth-order valence-electron chi connectivity index (χ4n) is 4.77. The van der Waals surface area contributed by atoms with Crippen LogP contribution in [0.15, 0.2) is 48.9 Å². The van der Waals surface area contributed by atoms with Gasteiger partial charge < -0.3 is 10.5 Å². The molecule has 0 spiro atoms. The number of nitrogens with zero attached hydrogens (tertiary/aromatic N) is 4. The zero-order valence-electron chi connectivity index (χ0n) is 21.0. The van der Waals surface area contributed by atoms with Crippen LogP contribution in [-0.4, -0.2) is 38.4 Å². The molecule has 1 aliphatic rings. The molecule has 4 aromatic rings. The lowest BCUT2D eigenvalue weighted by Crippen LogP contribution is -2.32. The minimum Gasteiger partial charge on any atom is -0.484 e. The number of carbonyl (C=O) groups excluding carboxylic acids is 1. The highest BCUT2D eigenvalue weighted by Crippen LogP contribution is 2.39. The first-order chi connectivity index (χ1) is 18.1. The van der Waals surface area contributed by atoms with Gasteiger partial charge in [0.05, 0.1) is 23.0 Å². The number of imidazole rings is 1. The number of halogens is 3. The van der Waals surface area contributed by atoms with Gasteiger partial charge in [0.15, 0.2) is 0 Å². The third-order valence-corrected chi connectivity index (χ3v) is 8.04. The number of thiophene rings is 1. The summed E-state index contributed by atoms with van der Waals surface area (Å²) in [6.45, 7) is 6.58. The maximum Gasteiger partial charge on any atom is 0.416 e. The largest absolute Gasteiger partial charge is 0.484 e. The first-order valence-electron chi connectivity index (χ1n) is 12.4. The van der Waals surface area contributed by atoms with Crippen molar-refractivity contribution in [3.63, 3.8) is 0 Å². The van der Waals surface area contributed by atoms with Crippen molar-refractivity contribution in [2.45, 2.75) is 45.5 Å². The Bertz CT molecular complexity index is 1460. The Kier molecular flexibility index (Phi) is 7.15. The minimum absolute atomic E-state index is 0.0286. The van der Waals surface area contributed by atoms with Crippen molar-refractivity contribution >= 4 is 28.3 Å². The number of primary amides is 1. The van der Waals surface area contributed by atoms with E-state index >= 15 is 0 Å². The number of amides is 1. The lowest BCUT2D eigenvalue weighted by molar-refractivity contribution is -0.139. The highest BCUT2D eigenvalue weighted by atomic mass is 32.1. The Hall–Kier alpha value is -3.44. The van der Waals surface area contributed by atoms with E-state index in [-0.39, 0.29) is 16.2 Å². The van der Waals surface area contributed by atoms with Crippen LogP contribution < -0.4 is 10.5 Å². The molecule has 3 aromatic heterocycles. The van der Waals surface area contributed by atoms with Crippen LogP contribution in [0, 0.1) is 5.92 Å². The van der Waals surface area contributed by atoms with Gasteiger partial charge in [0.1, 0.15) is 33.6 Å². The number of ether oxygens (including phenoxy) is 1. The van der Waals surface area contributed by atoms with E-state index in [2.05, 4.69) is 21.8 Å². The van der Waals surface area contributed by atoms with E-state index in [1.165, 1.54) is 38.0 Å². The Morgan fingerprint density at radius 1 is 1.21 bits per heavy atom. The van der Waals surface area contributed by atoms with Crippen molar-refractivity contribution < 1.29 is 22.7 Å². The lowest BCUT2D eigenvalue weighted by Gasteiger charge is -2.29. The van der Waals surface area contributed by atoms with Crippen molar-refractivity contribution in [3.8, 4) is 10.8 Å². The van der Waals surface area contributed by atoms with E-state index in [1.807, 2.05) is 10.6 Å². The second-order valence-corrected chi connectivity index (χ2v) is 10.8. The van der Waals surface area contributed by atoms with E-state index in [4.69, 9.17) is 10.5 Å². The molecule has 1 atom stereocenters. The van der Waals surface area contributed by atoms with Gasteiger partial charge in [-0.05, 0) is 50.9 Å². The average Bonchev–Trinajstić information content (AvgIpc) is 3.49. The van der Waals surface area contributed by atoms with Gasteiger partial charge in [-0.1, -0.05) is 25.1 Å². The van der Waals surface area contributed by atoms with Crippen LogP contribution in [0.4, 0.5) is 13.2 Å². The molecule has 38 heavy (non-hydrogen) atoms. The number of likely N-dealkylation sites (tertiary alicyclic amines) is 1. The second kappa shape index (κ2) is 10.4. The summed E-state index contributed by atoms with van der Waals surface area (Å²) in [6.07, 6.45) is 0.176. The number of aromatic nitrogens is 3. The molecule has 1 aliphatic heterocycles. The summed E-state index contributed by atoms with van der Waals surface area (Å²) in [4.78, 5) is 23.8. The van der Waals surface area contributed by atoms with Crippen LogP contribution in [0.3, 0.4) is 0 Å². The molecule has 0 unspecified atom stereocenters. The quantitative estimate of drug-likeness (QED) is 0.310. The predicted molar refractivity (Wildman–Crippen MR) is 139 cm³/mol. The molecule has 11 heteroatoms. The van der Waals surface area contributed by atoms with Gasteiger partial charge in [0, 0.05) is 18.2 Å². The maximum atomic E-state index is 13.5. The third kappa shape index (κ3) is 5.39. The summed E-state index contributed by atoms with van der Waals surface area (Å²) in [5, 5.41) is 0.608. The average molecular weight is 544 g/mol. The highest BCUT2D eigenvalue weighted by molar-refractivity contribution is 7.16. The normalized spacial score (nSPS) is 16.1. The molecule has 7 nitrogen and oxygen atoms in total. The summed E-state index contributed by atoms with van der Waals surface area (Å²) < 4.78 is 48.4. The lowest BCUT2D eigenvalue weighted by atomic mass is 9.99. The van der Waals surface area contributed by atoms with Crippen molar-refractivity contribution in [1.29, 1.82) is 0 Å². The summed E-state index contributed by atoms with van der Waals surface area (Å²) in [5.41, 5.74) is 7.20. The number of nitrogens with two attached hydrogens (primary N) is 1. The van der Waals surface area contributed by atoms with Gasteiger partial charge in [0.25, 0.3) is 5.91 Å². The summed E-state index contributed by atoms with van der Waals surface area (Å²) in [7, 11) is 0. The summed E-state index contributed by atoms with van der Waals surface area (Å²) in [6, 6.07) is 8.82. The van der Waals surface area contributed by atoms with Gasteiger partial charge in [0.2, 0.25) is 0 Å². The Balaban J connectivity index is 1.44. The van der Waals surface area contributed by atoms with E-state index in [9.17, 15) is 18.0 Å². The predicted octanol–water partition coefficient (Wildman–Crippen LogP) is 5.97. The summed E-state index contributed by atoms with van der Waals surface area (Å²) in [5.74, 6) is 0.140. The SMILES string of the molecule is CC1CCN(Cc2cc3c(cn2)ncn3-c2cc(O[C@H](C)c3ccccc3C(F)(F)F)c(C(N)=O)s2)CC1. The van der Waals surface area contributed by atoms with E-state index in [0.717, 1.165) is 54.2 Å². The number of rotatable bonds is 7. The monoisotopic (exact) mass is 543 g/mol. The topological polar surface area (TPSA) is 86.3 Å². The van der Waals surface area contributed by atoms with Crippen molar-refractivity contribution in [2.75, 3.05) is 13.1 Å². The van der Waals surface area contributed by atoms with Crippen LogP contribution in [0.2, 0.25) is 0 Å². The molecular weight excluding hydrogens is 515 g/mol. The Morgan fingerprint density at radius 3 is 2.66 bits per heavy atom. The smallest absolute Gasteiger partial charge is 0.416 e. The highest BCUT2D eigenvalue weighted by Gasteiger charge is 2.35. The molecule has 2 N–H and O–H groups in total. The van der Waals surface area contributed by atoms with Crippen molar-refractivity contribution in [1.82, 2.24) is 19.4 Å². The van der Waals surface area contributed by atoms with Crippen LogP contribution >= 0.6 is 11.3 Å². The molecule has 0 aliphatic carbocycles. The molecule has 0 bridgehead atoms. The van der Waals surface area contributed by atoms with E-state index < -0.39 is 23.8 Å². The number of benzene rings is 1. The van der Waals surface area contributed by atoms with E-state index in [0.29, 0.717) is 10.5 Å². The summed E-state index contributed by atoms with van der Waals surface area (Å²) >= 11 is 1.10. The molecule has 1 aromatic carbocycles. The maximum absolute atomic E-state index is 13.5. The molecule has 1 saturated heterocycles. The first-order valence-corrected chi connectivity index (χ1v) is 13.2. The fraction of sp³-hybridized carbons (Fsp3) is 0.370. The van der Waals surface area contributed by atoms with Crippen LogP contribution in [0.25, 0.3) is 16.0 Å². The standard InChI is InChI=1S/C27H28F3N5O2S/c1-16-7-9-34(10-8-16)14-18-11-22-21(13-32-18)33-15-35(22)24-12-23(25(38-24)26(31)36)37-17(2)19-5-3-4-6-20(19)27(28,29)30/h3-6,11-13,15-17H,7-10,14H2,1-2H3,(H2,31,36)/t17-/m1/s1. The molecule has 200 valence electrons. The number of carbonyl (C=O) groups is 1. The zero-order valence-corrected chi connectivity index (χ0v) is 21.9. The van der Waals surface area contributed by atoms with Gasteiger partial charge in [-0.25, -0.2) is 4.98 Å². The van der Waals surface area contributed by atoms with Crippen LogP contribution in [-0.2, 0) is 12.7 Å². The van der Waals surface area contributed by atoms with Crippen molar-refractivity contribution in [3.05, 3.63) is 70.6 Å². The Labute approximate surface area is 222 Å². The van der Waals surface area contributed by atoms with Crippen LogP contribution in [0.1, 0.15) is 59.3 Å². The van der Waals surface area contributed by atoms with Crippen molar-refractivity contribution in [2.24, 2.45) is 11.7 Å². The zero-order chi connectivity index (χ0) is 27.0. The molecule has 0 saturated carbocycles. The number of piperidine rings is 1. The number of fused-ring (bicyclic) bond motifs is 1. The number of alkyl halides is 3. The van der Waals surface area contributed by atoms with Gasteiger partial charge in [-0.2, -0.15) is 13.2 Å². The van der Waals surface area contributed by atoms with Gasteiger partial charge in [-0.15, -0.1) is 11.3 Å². The molecule has 1 amide bonds. The fourth-order valence-corrected chi connectivity index (χ4v) is 5.70. The third-order valence-electron chi connectivity index (χ3n) is 6.91. The minimum atomic E-state index is -4.53. The Morgan fingerprint density at radius 2 is 1.95 bits per heavy atom. The van der Waals surface area contributed by atoms with E-state index in [1.54, 1.807) is 18.6 Å². The molecule has 4 heterocycles. The number of hydrogen-bond donors (Lipinski definition) is 1.